The lowest BCUT2D eigenvalue weighted by atomic mass is 10.2. The Morgan fingerprint density at radius 1 is 1.17 bits per heavy atom. The molecule has 0 aromatic heterocycles. The molecule has 2 rings (SSSR count). The van der Waals surface area contributed by atoms with Crippen molar-refractivity contribution in [2.45, 2.75) is 10.4 Å². The zero-order valence-electron chi connectivity index (χ0n) is 11.8. The quantitative estimate of drug-likeness (QED) is 0.613. The van der Waals surface area contributed by atoms with Crippen LogP contribution in [0.4, 0.5) is 23.2 Å². The van der Waals surface area contributed by atoms with E-state index in [1.54, 1.807) is 4.90 Å². The van der Waals surface area contributed by atoms with Gasteiger partial charge in [0.15, 0.2) is 0 Å². The number of benzene rings is 1. The van der Waals surface area contributed by atoms with Crippen LogP contribution in [0.15, 0.2) is 23.1 Å². The molecular weight excluding hydrogens is 338 g/mol. The second kappa shape index (κ2) is 6.33. The standard InChI is InChI=1S/C13H13F4N3O2S/c14-10-1-2-11(12(9-10)23(21,22)13(15,16)17)20-7-5-19(4-3-18)6-8-20/h1-2,9H,4-8H2. The molecule has 5 nitrogen and oxygen atoms in total. The van der Waals surface area contributed by atoms with Gasteiger partial charge in [0, 0.05) is 26.2 Å². The van der Waals surface area contributed by atoms with Crippen LogP contribution < -0.4 is 4.90 Å². The Labute approximate surface area is 130 Å². The molecule has 1 aliphatic heterocycles. The summed E-state index contributed by atoms with van der Waals surface area (Å²) >= 11 is 0. The molecule has 0 N–H and O–H groups in total. The molecule has 0 bridgehead atoms. The highest BCUT2D eigenvalue weighted by atomic mass is 32.2. The molecule has 1 aromatic carbocycles. The third-order valence-electron chi connectivity index (χ3n) is 3.52. The lowest BCUT2D eigenvalue weighted by Crippen LogP contribution is -2.47. The number of alkyl halides is 3. The summed E-state index contributed by atoms with van der Waals surface area (Å²) in [6.07, 6.45) is 0. The summed E-state index contributed by atoms with van der Waals surface area (Å²) in [5.74, 6) is -1.06. The van der Waals surface area contributed by atoms with Gasteiger partial charge in [0.1, 0.15) is 10.7 Å². The molecule has 1 heterocycles. The van der Waals surface area contributed by atoms with Crippen molar-refractivity contribution < 1.29 is 26.0 Å². The number of anilines is 1. The van der Waals surface area contributed by atoms with Crippen molar-refractivity contribution in [1.29, 1.82) is 5.26 Å². The van der Waals surface area contributed by atoms with Crippen molar-refractivity contribution >= 4 is 15.5 Å². The number of nitrogens with zero attached hydrogens (tertiary/aromatic N) is 3. The summed E-state index contributed by atoms with van der Waals surface area (Å²) in [5, 5.41) is 8.62. The highest BCUT2D eigenvalue weighted by Gasteiger charge is 2.48. The van der Waals surface area contributed by atoms with Crippen LogP contribution in [0.2, 0.25) is 0 Å². The second-order valence-electron chi connectivity index (χ2n) is 4.98. The maximum atomic E-state index is 13.3. The van der Waals surface area contributed by atoms with Gasteiger partial charge in [-0.25, -0.2) is 12.8 Å². The van der Waals surface area contributed by atoms with Crippen molar-refractivity contribution in [3.63, 3.8) is 0 Å². The molecule has 1 aromatic rings. The van der Waals surface area contributed by atoms with E-state index >= 15 is 0 Å². The summed E-state index contributed by atoms with van der Waals surface area (Å²) in [6.45, 7) is 1.47. The fourth-order valence-electron chi connectivity index (χ4n) is 2.34. The largest absolute Gasteiger partial charge is 0.501 e. The topological polar surface area (TPSA) is 64.4 Å². The zero-order valence-corrected chi connectivity index (χ0v) is 12.7. The van der Waals surface area contributed by atoms with Gasteiger partial charge in [-0.1, -0.05) is 0 Å². The first kappa shape index (κ1) is 17.5. The van der Waals surface area contributed by atoms with Crippen molar-refractivity contribution in [2.75, 3.05) is 37.6 Å². The fourth-order valence-corrected chi connectivity index (χ4v) is 3.33. The summed E-state index contributed by atoms with van der Waals surface area (Å²) in [5.41, 5.74) is -5.68. The van der Waals surface area contributed by atoms with Crippen LogP contribution >= 0.6 is 0 Å². The zero-order chi connectivity index (χ0) is 17.3. The molecule has 10 heteroatoms. The first-order valence-corrected chi connectivity index (χ1v) is 8.10. The van der Waals surface area contributed by atoms with Crippen LogP contribution in [-0.4, -0.2) is 51.5 Å². The highest BCUT2D eigenvalue weighted by molar-refractivity contribution is 7.92. The molecule has 0 aliphatic carbocycles. The van der Waals surface area contributed by atoms with Gasteiger partial charge in [0.05, 0.1) is 18.3 Å². The Kier molecular flexibility index (Phi) is 4.81. The minimum Gasteiger partial charge on any atom is -0.368 e. The molecular formula is C13H13F4N3O2S. The Morgan fingerprint density at radius 3 is 2.30 bits per heavy atom. The molecule has 0 atom stereocenters. The molecule has 1 aliphatic rings. The number of nitriles is 1. The van der Waals surface area contributed by atoms with Crippen molar-refractivity contribution in [2.24, 2.45) is 0 Å². The van der Waals surface area contributed by atoms with Gasteiger partial charge in [-0.05, 0) is 18.2 Å². The molecule has 0 saturated carbocycles. The Balaban J connectivity index is 2.37. The molecule has 1 fully saturated rings. The lowest BCUT2D eigenvalue weighted by molar-refractivity contribution is -0.0435. The molecule has 126 valence electrons. The highest BCUT2D eigenvalue weighted by Crippen LogP contribution is 2.36. The molecule has 0 amide bonds. The number of hydrogen-bond acceptors (Lipinski definition) is 5. The van der Waals surface area contributed by atoms with Gasteiger partial charge in [-0.15, -0.1) is 0 Å². The first-order chi connectivity index (χ1) is 10.7. The van der Waals surface area contributed by atoms with Crippen molar-refractivity contribution in [1.82, 2.24) is 4.90 Å². The number of sulfone groups is 1. The maximum absolute atomic E-state index is 13.3. The van der Waals surface area contributed by atoms with Gasteiger partial charge in [0.2, 0.25) is 0 Å². The van der Waals surface area contributed by atoms with Crippen LogP contribution in [0.1, 0.15) is 0 Å². The van der Waals surface area contributed by atoms with E-state index in [0.717, 1.165) is 12.1 Å². The van der Waals surface area contributed by atoms with E-state index in [9.17, 15) is 26.0 Å². The molecule has 1 saturated heterocycles. The number of rotatable bonds is 3. The third-order valence-corrected chi connectivity index (χ3v) is 5.04. The smallest absolute Gasteiger partial charge is 0.368 e. The predicted molar refractivity (Wildman–Crippen MR) is 73.9 cm³/mol. The van der Waals surface area contributed by atoms with Crippen LogP contribution in [0.3, 0.4) is 0 Å². The maximum Gasteiger partial charge on any atom is 0.501 e. The average molecular weight is 351 g/mol. The summed E-state index contributed by atoms with van der Waals surface area (Å²) in [4.78, 5) is 2.16. The Morgan fingerprint density at radius 2 is 1.78 bits per heavy atom. The summed E-state index contributed by atoms with van der Waals surface area (Å²) in [7, 11) is -5.65. The van der Waals surface area contributed by atoms with Gasteiger partial charge in [0.25, 0.3) is 9.84 Å². The van der Waals surface area contributed by atoms with E-state index in [1.165, 1.54) is 4.90 Å². The summed E-state index contributed by atoms with van der Waals surface area (Å²) in [6, 6.07) is 4.32. The molecule has 0 unspecified atom stereocenters. The average Bonchev–Trinajstić information content (AvgIpc) is 2.47. The van der Waals surface area contributed by atoms with E-state index in [1.807, 2.05) is 6.07 Å². The first-order valence-electron chi connectivity index (χ1n) is 6.62. The molecule has 0 spiro atoms. The van der Waals surface area contributed by atoms with Crippen LogP contribution in [0.25, 0.3) is 0 Å². The van der Waals surface area contributed by atoms with Crippen molar-refractivity contribution in [3.8, 4) is 6.07 Å². The van der Waals surface area contributed by atoms with E-state index in [0.29, 0.717) is 19.2 Å². The SMILES string of the molecule is N#CCN1CCN(c2ccc(F)cc2S(=O)(=O)C(F)(F)F)CC1. The fraction of sp³-hybridized carbons (Fsp3) is 0.462. The summed E-state index contributed by atoms with van der Waals surface area (Å²) < 4.78 is 75.0. The van der Waals surface area contributed by atoms with Crippen LogP contribution in [-0.2, 0) is 9.84 Å². The van der Waals surface area contributed by atoms with Gasteiger partial charge >= 0.3 is 5.51 Å². The number of halogens is 4. The third kappa shape index (κ3) is 3.56. The lowest BCUT2D eigenvalue weighted by Gasteiger charge is -2.35. The molecule has 23 heavy (non-hydrogen) atoms. The number of hydrogen-bond donors (Lipinski definition) is 0. The minimum atomic E-state index is -5.65. The Bertz CT molecular complexity index is 720. The van der Waals surface area contributed by atoms with Gasteiger partial charge in [-0.2, -0.15) is 18.4 Å². The monoisotopic (exact) mass is 351 g/mol. The van der Waals surface area contributed by atoms with Gasteiger partial charge in [-0.3, -0.25) is 4.90 Å². The minimum absolute atomic E-state index is 0.180. The van der Waals surface area contributed by atoms with E-state index in [2.05, 4.69) is 0 Å². The molecule has 0 radical (unpaired) electrons. The second-order valence-corrected chi connectivity index (χ2v) is 6.89. The normalized spacial score (nSPS) is 17.1. The van der Waals surface area contributed by atoms with E-state index in [4.69, 9.17) is 5.26 Å². The van der Waals surface area contributed by atoms with Gasteiger partial charge < -0.3 is 4.90 Å². The van der Waals surface area contributed by atoms with Crippen LogP contribution in [0, 0.1) is 17.1 Å². The number of piperazine rings is 1. The van der Waals surface area contributed by atoms with Crippen molar-refractivity contribution in [3.05, 3.63) is 24.0 Å². The predicted octanol–water partition coefficient (Wildman–Crippen LogP) is 1.76. The van der Waals surface area contributed by atoms with E-state index < -0.39 is 26.1 Å². The van der Waals surface area contributed by atoms with E-state index in [-0.39, 0.29) is 25.3 Å². The Hall–Kier alpha value is -1.86. The van der Waals surface area contributed by atoms with Crippen LogP contribution in [0.5, 0.6) is 0 Å².